The highest BCUT2D eigenvalue weighted by Crippen LogP contribution is 2.19. The molecule has 13 heteroatoms. The fraction of sp³-hybridized carbons (Fsp3) is 0.318. The summed E-state index contributed by atoms with van der Waals surface area (Å²) in [6, 6.07) is 4.23. The molecule has 35 heavy (non-hydrogen) atoms. The van der Waals surface area contributed by atoms with Crippen LogP contribution in [0.25, 0.3) is 10.9 Å². The van der Waals surface area contributed by atoms with Crippen molar-refractivity contribution < 1.29 is 24.3 Å². The first-order valence-electron chi connectivity index (χ1n) is 10.9. The van der Waals surface area contributed by atoms with Gasteiger partial charge in [-0.1, -0.05) is 18.2 Å². The fourth-order valence-electron chi connectivity index (χ4n) is 3.62. The minimum Gasteiger partial charge on any atom is -0.481 e. The normalized spacial score (nSPS) is 13.5. The topological polar surface area (TPSA) is 221 Å². The Labute approximate surface area is 200 Å². The molecule has 0 radical (unpaired) electrons. The first-order valence-corrected chi connectivity index (χ1v) is 10.9. The molecule has 3 aromatic rings. The average Bonchev–Trinajstić information content (AvgIpc) is 3.51. The molecule has 0 aliphatic carbocycles. The van der Waals surface area contributed by atoms with Gasteiger partial charge < -0.3 is 31.4 Å². The van der Waals surface area contributed by atoms with E-state index in [4.69, 9.17) is 16.7 Å². The molecular formula is C22H28N8O5. The van der Waals surface area contributed by atoms with E-state index in [1.165, 1.54) is 12.5 Å². The summed E-state index contributed by atoms with van der Waals surface area (Å²) in [5, 5.41) is 14.9. The van der Waals surface area contributed by atoms with Crippen LogP contribution < -0.4 is 27.6 Å². The Morgan fingerprint density at radius 3 is 2.40 bits per heavy atom. The zero-order valence-corrected chi connectivity index (χ0v) is 18.8. The molecule has 0 bridgehead atoms. The second-order valence-electron chi connectivity index (χ2n) is 8.01. The molecule has 2 aromatic heterocycles. The van der Waals surface area contributed by atoms with Crippen LogP contribution in [-0.4, -0.2) is 61.9 Å². The van der Waals surface area contributed by atoms with Crippen LogP contribution >= 0.6 is 0 Å². The number of hydrazine groups is 1. The second-order valence-corrected chi connectivity index (χ2v) is 8.01. The molecule has 0 aliphatic heterocycles. The minimum absolute atomic E-state index is 0.0350. The van der Waals surface area contributed by atoms with Gasteiger partial charge in [0.1, 0.15) is 12.1 Å². The summed E-state index contributed by atoms with van der Waals surface area (Å²) in [6.45, 7) is 0. The Morgan fingerprint density at radius 1 is 1.00 bits per heavy atom. The van der Waals surface area contributed by atoms with E-state index >= 15 is 0 Å². The smallest absolute Gasteiger partial charge is 0.303 e. The molecule has 3 rings (SSSR count). The maximum Gasteiger partial charge on any atom is 0.303 e. The quantitative estimate of drug-likeness (QED) is 0.0886. The third-order valence-corrected chi connectivity index (χ3v) is 5.49. The van der Waals surface area contributed by atoms with Gasteiger partial charge in [0, 0.05) is 48.3 Å². The van der Waals surface area contributed by atoms with Crippen LogP contribution in [-0.2, 0) is 32.0 Å². The molecule has 1 aromatic carbocycles. The van der Waals surface area contributed by atoms with Gasteiger partial charge in [-0.25, -0.2) is 10.8 Å². The van der Waals surface area contributed by atoms with Crippen LogP contribution in [0.3, 0.4) is 0 Å². The molecule has 0 aliphatic rings. The highest BCUT2D eigenvalue weighted by molar-refractivity contribution is 5.93. The number of nitrogens with zero attached hydrogens (tertiary/aromatic N) is 1. The number of carboxylic acid groups (broad SMARTS) is 1. The first kappa shape index (κ1) is 25.4. The van der Waals surface area contributed by atoms with E-state index < -0.39 is 41.8 Å². The van der Waals surface area contributed by atoms with Crippen molar-refractivity contribution in [2.75, 3.05) is 0 Å². The molecule has 0 unspecified atom stereocenters. The Bertz CT molecular complexity index is 1180. The molecule has 3 atom stereocenters. The Kier molecular flexibility index (Phi) is 8.53. The van der Waals surface area contributed by atoms with Gasteiger partial charge in [0.05, 0.1) is 12.4 Å². The fourth-order valence-corrected chi connectivity index (χ4v) is 3.62. The predicted molar refractivity (Wildman–Crippen MR) is 125 cm³/mol. The number of carbonyl (C=O) groups excluding carboxylic acids is 3. The highest BCUT2D eigenvalue weighted by atomic mass is 16.4. The number of nitrogens with two attached hydrogens (primary N) is 2. The Morgan fingerprint density at radius 2 is 1.71 bits per heavy atom. The maximum absolute atomic E-state index is 13.2. The van der Waals surface area contributed by atoms with E-state index in [1.807, 2.05) is 24.3 Å². The van der Waals surface area contributed by atoms with Crippen LogP contribution in [0.2, 0.25) is 0 Å². The number of aromatic nitrogens is 3. The molecule has 0 saturated carbocycles. The average molecular weight is 485 g/mol. The summed E-state index contributed by atoms with van der Waals surface area (Å²) < 4.78 is 0. The van der Waals surface area contributed by atoms with Crippen molar-refractivity contribution in [1.82, 2.24) is 31.0 Å². The van der Waals surface area contributed by atoms with Crippen molar-refractivity contribution in [2.24, 2.45) is 11.6 Å². The molecule has 0 fully saturated rings. The number of carbonyl (C=O) groups is 4. The summed E-state index contributed by atoms with van der Waals surface area (Å²) >= 11 is 0. The van der Waals surface area contributed by atoms with Gasteiger partial charge >= 0.3 is 5.97 Å². The summed E-state index contributed by atoms with van der Waals surface area (Å²) in [5.74, 6) is 2.30. The maximum atomic E-state index is 13.2. The lowest BCUT2D eigenvalue weighted by atomic mass is 10.0. The number of aromatic amines is 2. The van der Waals surface area contributed by atoms with Gasteiger partial charge in [0.2, 0.25) is 11.8 Å². The number of fused-ring (bicyclic) bond motifs is 1. The van der Waals surface area contributed by atoms with Crippen molar-refractivity contribution in [3.63, 3.8) is 0 Å². The lowest BCUT2D eigenvalue weighted by molar-refractivity contribution is -0.137. The number of nitrogens with one attached hydrogen (secondary N) is 5. The summed E-state index contributed by atoms with van der Waals surface area (Å²) in [6.07, 6.45) is 4.45. The predicted octanol–water partition coefficient (Wildman–Crippen LogP) is -1.17. The van der Waals surface area contributed by atoms with Crippen molar-refractivity contribution in [2.45, 2.75) is 43.8 Å². The molecule has 186 valence electrons. The Balaban J connectivity index is 1.76. The number of rotatable bonds is 12. The number of H-pyrrole nitrogens is 2. The lowest BCUT2D eigenvalue weighted by Crippen LogP contribution is -2.57. The van der Waals surface area contributed by atoms with Gasteiger partial charge in [-0.15, -0.1) is 0 Å². The van der Waals surface area contributed by atoms with Crippen LogP contribution in [0.15, 0.2) is 43.0 Å². The SMILES string of the molecule is NNC(=O)[C@H](Cc1c[nH]c2ccccc12)NC(=O)[C@H](Cc1cnc[nH]1)NC(=O)[C@@H](N)CCC(=O)O. The van der Waals surface area contributed by atoms with Gasteiger partial charge in [-0.05, 0) is 18.1 Å². The summed E-state index contributed by atoms with van der Waals surface area (Å²) in [7, 11) is 0. The van der Waals surface area contributed by atoms with Crippen LogP contribution in [0.1, 0.15) is 24.1 Å². The molecule has 2 heterocycles. The number of para-hydroxylation sites is 1. The van der Waals surface area contributed by atoms with Crippen molar-refractivity contribution in [3.8, 4) is 0 Å². The largest absolute Gasteiger partial charge is 0.481 e. The zero-order chi connectivity index (χ0) is 25.4. The number of carboxylic acids is 1. The van der Waals surface area contributed by atoms with Crippen LogP contribution in [0, 0.1) is 0 Å². The number of benzene rings is 1. The van der Waals surface area contributed by atoms with Gasteiger partial charge in [0.25, 0.3) is 5.91 Å². The van der Waals surface area contributed by atoms with Crippen molar-refractivity contribution in [3.05, 3.63) is 54.2 Å². The number of amides is 3. The number of hydrogen-bond acceptors (Lipinski definition) is 7. The first-order chi connectivity index (χ1) is 16.8. The second kappa shape index (κ2) is 11.8. The highest BCUT2D eigenvalue weighted by Gasteiger charge is 2.29. The minimum atomic E-state index is -1.13. The lowest BCUT2D eigenvalue weighted by Gasteiger charge is -2.23. The molecule has 0 spiro atoms. The number of hydrogen-bond donors (Lipinski definition) is 8. The monoisotopic (exact) mass is 484 g/mol. The van der Waals surface area contributed by atoms with Crippen LogP contribution in [0.5, 0.6) is 0 Å². The molecule has 10 N–H and O–H groups in total. The van der Waals surface area contributed by atoms with E-state index in [0.717, 1.165) is 16.5 Å². The van der Waals surface area contributed by atoms with E-state index in [9.17, 15) is 19.2 Å². The molecule has 13 nitrogen and oxygen atoms in total. The molecular weight excluding hydrogens is 456 g/mol. The zero-order valence-electron chi connectivity index (χ0n) is 18.8. The molecule has 3 amide bonds. The summed E-state index contributed by atoms with van der Waals surface area (Å²) in [5.41, 5.74) is 10.1. The summed E-state index contributed by atoms with van der Waals surface area (Å²) in [4.78, 5) is 58.9. The third kappa shape index (κ3) is 6.88. The van der Waals surface area contributed by atoms with E-state index in [-0.39, 0.29) is 25.7 Å². The standard InChI is InChI=1S/C22H28N8O5/c23-15(5-6-19(31)32)20(33)28-18(8-13-10-25-11-27-13)21(34)29-17(22(35)30-24)7-12-9-26-16-4-2-1-3-14(12)16/h1-4,9-11,15,17-18,26H,5-8,23-24H2,(H,25,27)(H,28,33)(H,29,34)(H,30,35)(H,31,32)/t15-,17-,18-/m0/s1. The third-order valence-electron chi connectivity index (χ3n) is 5.49. The van der Waals surface area contributed by atoms with Crippen LogP contribution in [0.4, 0.5) is 0 Å². The Hall–Kier alpha value is -4.23. The van der Waals surface area contributed by atoms with Gasteiger partial charge in [-0.3, -0.25) is 24.6 Å². The van der Waals surface area contributed by atoms with Crippen molar-refractivity contribution >= 4 is 34.6 Å². The van der Waals surface area contributed by atoms with Crippen molar-refractivity contribution in [1.29, 1.82) is 0 Å². The van der Waals surface area contributed by atoms with E-state index in [1.54, 1.807) is 6.20 Å². The van der Waals surface area contributed by atoms with Gasteiger partial charge in [0.15, 0.2) is 0 Å². The number of imidazole rings is 1. The van der Waals surface area contributed by atoms with E-state index in [2.05, 4.69) is 31.0 Å². The van der Waals surface area contributed by atoms with Gasteiger partial charge in [-0.2, -0.15) is 0 Å². The molecule has 0 saturated heterocycles. The number of aliphatic carboxylic acids is 1. The van der Waals surface area contributed by atoms with E-state index in [0.29, 0.717) is 5.69 Å².